The molecule has 0 fully saturated rings. The molecule has 3 N–H and O–H groups in total. The second-order valence-corrected chi connectivity index (χ2v) is 5.33. The van der Waals surface area contributed by atoms with Crippen LogP contribution in [0.2, 0.25) is 0 Å². The monoisotopic (exact) mass is 268 g/mol. The van der Waals surface area contributed by atoms with E-state index in [0.29, 0.717) is 22.7 Å². The number of nitrogens with one attached hydrogen (secondary N) is 1. The van der Waals surface area contributed by atoms with E-state index in [4.69, 9.17) is 18.0 Å². The molecule has 0 saturated heterocycles. The summed E-state index contributed by atoms with van der Waals surface area (Å²) in [4.78, 5) is 12.3. The zero-order valence-corrected chi connectivity index (χ0v) is 11.5. The predicted octanol–water partition coefficient (Wildman–Crippen LogP) is 2.18. The number of halogens is 1. The van der Waals surface area contributed by atoms with Crippen molar-refractivity contribution >= 4 is 23.1 Å². The minimum absolute atomic E-state index is 0.253. The summed E-state index contributed by atoms with van der Waals surface area (Å²) in [5.74, 6) is -0.607. The third-order valence-electron chi connectivity index (χ3n) is 2.79. The van der Waals surface area contributed by atoms with Gasteiger partial charge in [-0.2, -0.15) is 0 Å². The Morgan fingerprint density at radius 3 is 2.61 bits per heavy atom. The molecule has 0 aliphatic rings. The van der Waals surface area contributed by atoms with Crippen molar-refractivity contribution in [1.29, 1.82) is 0 Å². The molecule has 1 rings (SSSR count). The maximum Gasteiger partial charge on any atom is 0.251 e. The molecule has 0 bridgehead atoms. The summed E-state index contributed by atoms with van der Waals surface area (Å²) >= 11 is 4.92. The zero-order valence-electron chi connectivity index (χ0n) is 10.7. The molecule has 0 radical (unpaired) electrons. The van der Waals surface area contributed by atoms with Gasteiger partial charge in [0.1, 0.15) is 5.82 Å². The van der Waals surface area contributed by atoms with Gasteiger partial charge < -0.3 is 11.1 Å². The van der Waals surface area contributed by atoms with E-state index in [2.05, 4.69) is 5.32 Å². The first-order chi connectivity index (χ1) is 8.24. The van der Waals surface area contributed by atoms with Crippen LogP contribution >= 0.6 is 12.2 Å². The van der Waals surface area contributed by atoms with Gasteiger partial charge in [0.05, 0.1) is 4.99 Å². The standard InChI is InChI=1S/C13H17FN2OS/c1-8-6-9(14)4-5-10(8)11(17)16-7-13(2,3)12(15)18/h4-6H,7H2,1-3H3,(H2,15,18)(H,16,17). The molecule has 1 amide bonds. The lowest BCUT2D eigenvalue weighted by molar-refractivity contribution is 0.0944. The van der Waals surface area contributed by atoms with Crippen molar-refractivity contribution in [2.45, 2.75) is 20.8 Å². The van der Waals surface area contributed by atoms with Crippen LogP contribution in [0.3, 0.4) is 0 Å². The van der Waals surface area contributed by atoms with Gasteiger partial charge in [-0.25, -0.2) is 4.39 Å². The number of hydrogen-bond acceptors (Lipinski definition) is 2. The minimum atomic E-state index is -0.446. The molecule has 18 heavy (non-hydrogen) atoms. The van der Waals surface area contributed by atoms with Gasteiger partial charge in [-0.1, -0.05) is 26.1 Å². The van der Waals surface area contributed by atoms with Crippen LogP contribution in [0.1, 0.15) is 29.8 Å². The largest absolute Gasteiger partial charge is 0.393 e. The van der Waals surface area contributed by atoms with Crippen molar-refractivity contribution in [3.63, 3.8) is 0 Å². The Hall–Kier alpha value is -1.49. The Labute approximate surface area is 112 Å². The van der Waals surface area contributed by atoms with Gasteiger partial charge >= 0.3 is 0 Å². The quantitative estimate of drug-likeness (QED) is 0.823. The summed E-state index contributed by atoms with van der Waals surface area (Å²) in [6, 6.07) is 4.06. The average molecular weight is 268 g/mol. The Morgan fingerprint density at radius 2 is 2.11 bits per heavy atom. The molecule has 3 nitrogen and oxygen atoms in total. The lowest BCUT2D eigenvalue weighted by Crippen LogP contribution is -2.41. The van der Waals surface area contributed by atoms with Crippen LogP contribution in [0.4, 0.5) is 4.39 Å². The van der Waals surface area contributed by atoms with E-state index in [9.17, 15) is 9.18 Å². The van der Waals surface area contributed by atoms with Crippen molar-refractivity contribution < 1.29 is 9.18 Å². The van der Waals surface area contributed by atoms with Crippen LogP contribution in [0.25, 0.3) is 0 Å². The molecule has 0 unspecified atom stereocenters. The van der Waals surface area contributed by atoms with E-state index in [1.807, 2.05) is 13.8 Å². The Kier molecular flexibility index (Phi) is 4.40. The number of hydrogen-bond donors (Lipinski definition) is 2. The maximum atomic E-state index is 12.9. The topological polar surface area (TPSA) is 55.1 Å². The number of rotatable bonds is 4. The number of aryl methyl sites for hydroxylation is 1. The molecule has 1 aromatic carbocycles. The Bertz CT molecular complexity index is 486. The molecule has 1 aromatic rings. The first-order valence-corrected chi connectivity index (χ1v) is 5.99. The summed E-state index contributed by atoms with van der Waals surface area (Å²) < 4.78 is 12.9. The summed E-state index contributed by atoms with van der Waals surface area (Å²) in [6.45, 7) is 5.74. The number of amides is 1. The SMILES string of the molecule is Cc1cc(F)ccc1C(=O)NCC(C)(C)C(N)=S. The molecular weight excluding hydrogens is 251 g/mol. The highest BCUT2D eigenvalue weighted by Gasteiger charge is 2.22. The van der Waals surface area contributed by atoms with Crippen molar-refractivity contribution in [3.05, 3.63) is 35.1 Å². The van der Waals surface area contributed by atoms with Crippen molar-refractivity contribution in [3.8, 4) is 0 Å². The van der Waals surface area contributed by atoms with E-state index in [0.717, 1.165) is 0 Å². The van der Waals surface area contributed by atoms with Gasteiger partial charge in [0.2, 0.25) is 0 Å². The fourth-order valence-corrected chi connectivity index (χ4v) is 1.44. The molecule has 0 saturated carbocycles. The van der Waals surface area contributed by atoms with Crippen molar-refractivity contribution in [2.24, 2.45) is 11.1 Å². The highest BCUT2D eigenvalue weighted by molar-refractivity contribution is 7.80. The van der Waals surface area contributed by atoms with Crippen molar-refractivity contribution in [2.75, 3.05) is 6.54 Å². The van der Waals surface area contributed by atoms with Crippen LogP contribution in [0.15, 0.2) is 18.2 Å². The molecule has 98 valence electrons. The number of carbonyl (C=O) groups is 1. The van der Waals surface area contributed by atoms with Gasteiger partial charge in [-0.05, 0) is 30.7 Å². The summed E-state index contributed by atoms with van der Waals surface area (Å²) in [5.41, 5.74) is 6.18. The second-order valence-electron chi connectivity index (χ2n) is 4.89. The van der Waals surface area contributed by atoms with E-state index < -0.39 is 5.41 Å². The first-order valence-electron chi connectivity index (χ1n) is 5.58. The second kappa shape index (κ2) is 5.44. The Balaban J connectivity index is 2.75. The average Bonchev–Trinajstić information content (AvgIpc) is 2.25. The van der Waals surface area contributed by atoms with E-state index in [-0.39, 0.29) is 11.7 Å². The van der Waals surface area contributed by atoms with Crippen LogP contribution in [-0.4, -0.2) is 17.4 Å². The molecular formula is C13H17FN2OS. The predicted molar refractivity (Wildman–Crippen MR) is 74.0 cm³/mol. The molecule has 0 atom stereocenters. The molecule has 0 aromatic heterocycles. The minimum Gasteiger partial charge on any atom is -0.393 e. The lowest BCUT2D eigenvalue weighted by Gasteiger charge is -2.23. The fraction of sp³-hybridized carbons (Fsp3) is 0.385. The van der Waals surface area contributed by atoms with Gasteiger partial charge in [0.15, 0.2) is 0 Å². The molecule has 0 aliphatic heterocycles. The normalized spacial score (nSPS) is 11.1. The first kappa shape index (κ1) is 14.6. The highest BCUT2D eigenvalue weighted by Crippen LogP contribution is 2.15. The number of carbonyl (C=O) groups excluding carboxylic acids is 1. The molecule has 0 aliphatic carbocycles. The molecule has 0 spiro atoms. The number of benzene rings is 1. The smallest absolute Gasteiger partial charge is 0.251 e. The summed E-state index contributed by atoms with van der Waals surface area (Å²) in [5, 5.41) is 2.75. The van der Waals surface area contributed by atoms with E-state index >= 15 is 0 Å². The summed E-state index contributed by atoms with van der Waals surface area (Å²) in [7, 11) is 0. The van der Waals surface area contributed by atoms with E-state index in [1.54, 1.807) is 6.92 Å². The van der Waals surface area contributed by atoms with Crippen LogP contribution in [0, 0.1) is 18.2 Å². The summed E-state index contributed by atoms with van der Waals surface area (Å²) in [6.07, 6.45) is 0. The molecule has 5 heteroatoms. The Morgan fingerprint density at radius 1 is 1.50 bits per heavy atom. The number of thiocarbonyl (C=S) groups is 1. The van der Waals surface area contributed by atoms with Gasteiger partial charge in [0, 0.05) is 17.5 Å². The van der Waals surface area contributed by atoms with E-state index in [1.165, 1.54) is 18.2 Å². The highest BCUT2D eigenvalue weighted by atomic mass is 32.1. The third kappa shape index (κ3) is 3.50. The number of nitrogens with two attached hydrogens (primary N) is 1. The lowest BCUT2D eigenvalue weighted by atomic mass is 9.93. The van der Waals surface area contributed by atoms with Crippen LogP contribution < -0.4 is 11.1 Å². The van der Waals surface area contributed by atoms with Gasteiger partial charge in [0.25, 0.3) is 5.91 Å². The third-order valence-corrected chi connectivity index (χ3v) is 3.34. The van der Waals surface area contributed by atoms with Gasteiger partial charge in [-0.15, -0.1) is 0 Å². The molecule has 0 heterocycles. The maximum absolute atomic E-state index is 12.9. The fourth-order valence-electron chi connectivity index (χ4n) is 1.37. The van der Waals surface area contributed by atoms with Crippen LogP contribution in [-0.2, 0) is 0 Å². The van der Waals surface area contributed by atoms with Crippen LogP contribution in [0.5, 0.6) is 0 Å². The zero-order chi connectivity index (χ0) is 13.9. The van der Waals surface area contributed by atoms with Gasteiger partial charge in [-0.3, -0.25) is 4.79 Å². The van der Waals surface area contributed by atoms with Crippen molar-refractivity contribution in [1.82, 2.24) is 5.32 Å².